The number of aryl methyl sites for hydroxylation is 1. The quantitative estimate of drug-likeness (QED) is 0.699. The van der Waals surface area contributed by atoms with E-state index in [0.717, 1.165) is 43.0 Å². The van der Waals surface area contributed by atoms with E-state index in [9.17, 15) is 4.39 Å². The van der Waals surface area contributed by atoms with Crippen LogP contribution < -0.4 is 9.64 Å². The molecule has 0 aliphatic carbocycles. The normalized spacial score (nSPS) is 15.0. The van der Waals surface area contributed by atoms with E-state index in [4.69, 9.17) is 9.72 Å². The van der Waals surface area contributed by atoms with Crippen molar-refractivity contribution in [3.05, 3.63) is 66.4 Å². The fraction of sp³-hybridized carbons (Fsp3) is 0.286. The molecule has 0 N–H and O–H groups in total. The van der Waals surface area contributed by atoms with E-state index in [1.165, 1.54) is 12.1 Å². The van der Waals surface area contributed by atoms with E-state index >= 15 is 0 Å². The highest BCUT2D eigenvalue weighted by Gasteiger charge is 2.22. The number of piperidine rings is 1. The Labute approximate surface area is 157 Å². The fourth-order valence-electron chi connectivity index (χ4n) is 3.25. The van der Waals surface area contributed by atoms with Crippen molar-refractivity contribution < 1.29 is 9.13 Å². The highest BCUT2D eigenvalue weighted by atomic mass is 19.1. The highest BCUT2D eigenvalue weighted by molar-refractivity contribution is 5.56. The second kappa shape index (κ2) is 7.70. The predicted molar refractivity (Wildman–Crippen MR) is 102 cm³/mol. The second-order valence-corrected chi connectivity index (χ2v) is 6.69. The number of nitrogens with zero attached hydrogens (tertiary/aromatic N) is 4. The second-order valence-electron chi connectivity index (χ2n) is 6.69. The summed E-state index contributed by atoms with van der Waals surface area (Å²) in [4.78, 5) is 15.7. The number of hydrogen-bond donors (Lipinski definition) is 0. The molecule has 0 saturated carbocycles. The minimum Gasteiger partial charge on any atom is -0.490 e. The van der Waals surface area contributed by atoms with Crippen LogP contribution in [-0.2, 0) is 0 Å². The Kier molecular flexibility index (Phi) is 4.96. The number of ether oxygens (including phenoxy) is 1. The summed E-state index contributed by atoms with van der Waals surface area (Å²) in [5.74, 6) is 2.09. The van der Waals surface area contributed by atoms with Crippen LogP contribution in [0.15, 0.2) is 54.9 Å². The summed E-state index contributed by atoms with van der Waals surface area (Å²) in [5, 5.41) is 0. The summed E-state index contributed by atoms with van der Waals surface area (Å²) >= 11 is 0. The Morgan fingerprint density at radius 3 is 2.56 bits per heavy atom. The van der Waals surface area contributed by atoms with Crippen molar-refractivity contribution in [1.29, 1.82) is 0 Å². The topological polar surface area (TPSA) is 51.1 Å². The lowest BCUT2D eigenvalue weighted by Crippen LogP contribution is -2.38. The molecular formula is C21H21FN4O. The number of rotatable bonds is 4. The fourth-order valence-corrected chi connectivity index (χ4v) is 3.25. The molecule has 0 atom stereocenters. The van der Waals surface area contributed by atoms with Crippen molar-refractivity contribution in [2.45, 2.75) is 25.9 Å². The molecule has 2 aromatic heterocycles. The molecule has 27 heavy (non-hydrogen) atoms. The van der Waals surface area contributed by atoms with Gasteiger partial charge >= 0.3 is 0 Å². The highest BCUT2D eigenvalue weighted by Crippen LogP contribution is 2.24. The van der Waals surface area contributed by atoms with E-state index in [1.807, 2.05) is 25.1 Å². The first-order valence-corrected chi connectivity index (χ1v) is 9.10. The third-order valence-corrected chi connectivity index (χ3v) is 4.64. The van der Waals surface area contributed by atoms with E-state index in [0.29, 0.717) is 11.6 Å². The van der Waals surface area contributed by atoms with Crippen molar-refractivity contribution in [2.24, 2.45) is 0 Å². The van der Waals surface area contributed by atoms with Gasteiger partial charge in [0.05, 0.1) is 0 Å². The van der Waals surface area contributed by atoms with Crippen molar-refractivity contribution in [1.82, 2.24) is 15.0 Å². The van der Waals surface area contributed by atoms with Crippen LogP contribution in [0.1, 0.15) is 18.5 Å². The molecule has 1 aliphatic heterocycles. The van der Waals surface area contributed by atoms with Gasteiger partial charge in [-0.1, -0.05) is 0 Å². The molecule has 0 bridgehead atoms. The molecule has 1 fully saturated rings. The molecule has 1 aliphatic rings. The van der Waals surface area contributed by atoms with Crippen molar-refractivity contribution in [2.75, 3.05) is 18.0 Å². The third kappa shape index (κ3) is 4.22. The van der Waals surface area contributed by atoms with Gasteiger partial charge in [0.15, 0.2) is 5.82 Å². The first kappa shape index (κ1) is 17.4. The third-order valence-electron chi connectivity index (χ3n) is 4.64. The number of halogens is 1. The molecule has 1 saturated heterocycles. The maximum atomic E-state index is 13.0. The smallest absolute Gasteiger partial charge is 0.163 e. The standard InChI is InChI=1S/C21H21FN4O/c1-15-13-20(25-21(24-15)16-3-2-10-23-14-16)26-11-8-19(9-12-26)27-18-6-4-17(22)5-7-18/h2-7,10,13-14,19H,8-9,11-12H2,1H3. The van der Waals surface area contributed by atoms with Crippen LogP contribution in [0, 0.1) is 12.7 Å². The molecule has 0 radical (unpaired) electrons. The molecule has 1 aromatic carbocycles. The molecular weight excluding hydrogens is 343 g/mol. The lowest BCUT2D eigenvalue weighted by atomic mass is 10.1. The number of benzene rings is 1. The summed E-state index contributed by atoms with van der Waals surface area (Å²) in [6, 6.07) is 12.1. The molecule has 5 nitrogen and oxygen atoms in total. The SMILES string of the molecule is Cc1cc(N2CCC(Oc3ccc(F)cc3)CC2)nc(-c2cccnc2)n1. The van der Waals surface area contributed by atoms with Gasteiger partial charge in [-0.2, -0.15) is 0 Å². The van der Waals surface area contributed by atoms with E-state index < -0.39 is 0 Å². The lowest BCUT2D eigenvalue weighted by Gasteiger charge is -2.33. The maximum Gasteiger partial charge on any atom is 0.163 e. The average Bonchev–Trinajstić information content (AvgIpc) is 2.70. The van der Waals surface area contributed by atoms with Gasteiger partial charge in [0.25, 0.3) is 0 Å². The molecule has 0 unspecified atom stereocenters. The first-order valence-electron chi connectivity index (χ1n) is 9.10. The monoisotopic (exact) mass is 364 g/mol. The summed E-state index contributed by atoms with van der Waals surface area (Å²) < 4.78 is 19.0. The summed E-state index contributed by atoms with van der Waals surface area (Å²) in [6.07, 6.45) is 5.44. The number of aromatic nitrogens is 3. The zero-order valence-electron chi connectivity index (χ0n) is 15.2. The van der Waals surface area contributed by atoms with Crippen LogP contribution in [0.3, 0.4) is 0 Å². The van der Waals surface area contributed by atoms with E-state index in [-0.39, 0.29) is 11.9 Å². The van der Waals surface area contributed by atoms with Crippen molar-refractivity contribution in [3.8, 4) is 17.1 Å². The van der Waals surface area contributed by atoms with Gasteiger partial charge in [0, 0.05) is 55.6 Å². The van der Waals surface area contributed by atoms with Crippen LogP contribution in [0.25, 0.3) is 11.4 Å². The minimum absolute atomic E-state index is 0.132. The van der Waals surface area contributed by atoms with Crippen LogP contribution in [0.5, 0.6) is 5.75 Å². The molecule has 3 heterocycles. The summed E-state index contributed by atoms with van der Waals surface area (Å²) in [5.41, 5.74) is 1.85. The zero-order valence-corrected chi connectivity index (χ0v) is 15.2. The largest absolute Gasteiger partial charge is 0.490 e. The van der Waals surface area contributed by atoms with Crippen molar-refractivity contribution >= 4 is 5.82 Å². The van der Waals surface area contributed by atoms with Gasteiger partial charge in [-0.05, 0) is 43.3 Å². The summed E-state index contributed by atoms with van der Waals surface area (Å²) in [7, 11) is 0. The van der Waals surface area contributed by atoms with E-state index in [2.05, 4.69) is 14.9 Å². The van der Waals surface area contributed by atoms with Gasteiger partial charge < -0.3 is 9.64 Å². The Bertz CT molecular complexity index is 894. The van der Waals surface area contributed by atoms with Crippen molar-refractivity contribution in [3.63, 3.8) is 0 Å². The molecule has 3 aromatic rings. The number of hydrogen-bond acceptors (Lipinski definition) is 5. The van der Waals surface area contributed by atoms with Gasteiger partial charge in [-0.15, -0.1) is 0 Å². The zero-order chi connectivity index (χ0) is 18.6. The average molecular weight is 364 g/mol. The Morgan fingerprint density at radius 2 is 1.85 bits per heavy atom. The Balaban J connectivity index is 1.43. The number of pyridine rings is 1. The Morgan fingerprint density at radius 1 is 1.07 bits per heavy atom. The predicted octanol–water partition coefficient (Wildman–Crippen LogP) is 4.03. The molecule has 138 valence electrons. The van der Waals surface area contributed by atoms with Crippen LogP contribution >= 0.6 is 0 Å². The van der Waals surface area contributed by atoms with Crippen LogP contribution in [0.4, 0.5) is 10.2 Å². The van der Waals surface area contributed by atoms with E-state index in [1.54, 1.807) is 24.5 Å². The van der Waals surface area contributed by atoms with Gasteiger partial charge in [-0.3, -0.25) is 4.98 Å². The summed E-state index contributed by atoms with van der Waals surface area (Å²) in [6.45, 7) is 3.69. The first-order chi connectivity index (χ1) is 13.2. The van der Waals surface area contributed by atoms with Gasteiger partial charge in [0.2, 0.25) is 0 Å². The van der Waals surface area contributed by atoms with Crippen LogP contribution in [-0.4, -0.2) is 34.1 Å². The van der Waals surface area contributed by atoms with Gasteiger partial charge in [-0.25, -0.2) is 14.4 Å². The Hall–Kier alpha value is -3.02. The number of anilines is 1. The molecule has 0 spiro atoms. The molecule has 6 heteroatoms. The molecule has 0 amide bonds. The molecule has 4 rings (SSSR count). The van der Waals surface area contributed by atoms with Crippen LogP contribution in [0.2, 0.25) is 0 Å². The minimum atomic E-state index is -0.249. The maximum absolute atomic E-state index is 13.0. The lowest BCUT2D eigenvalue weighted by molar-refractivity contribution is 0.170. The van der Waals surface area contributed by atoms with Gasteiger partial charge in [0.1, 0.15) is 23.5 Å².